The van der Waals surface area contributed by atoms with Gasteiger partial charge in [0.25, 0.3) is 0 Å². The quantitative estimate of drug-likeness (QED) is 0.722. The van der Waals surface area contributed by atoms with E-state index in [1.807, 2.05) is 44.3 Å². The molecular weight excluding hydrogens is 300 g/mol. The highest BCUT2D eigenvalue weighted by Gasteiger charge is 2.20. The van der Waals surface area contributed by atoms with Gasteiger partial charge in [0.1, 0.15) is 17.5 Å². The number of aromatic nitrogens is 4. The summed E-state index contributed by atoms with van der Waals surface area (Å²) in [6.07, 6.45) is 1.87. The Balaban J connectivity index is 1.50. The Morgan fingerprint density at radius 1 is 0.792 bits per heavy atom. The predicted molar refractivity (Wildman–Crippen MR) is 95.5 cm³/mol. The van der Waals surface area contributed by atoms with Crippen LogP contribution in [-0.2, 0) is 0 Å². The summed E-state index contributed by atoms with van der Waals surface area (Å²) >= 11 is 0. The van der Waals surface area contributed by atoms with Gasteiger partial charge < -0.3 is 9.80 Å². The molecule has 24 heavy (non-hydrogen) atoms. The number of aryl methyl sites for hydroxylation is 2. The average Bonchev–Trinajstić information content (AvgIpc) is 2.61. The van der Waals surface area contributed by atoms with Crippen LogP contribution in [0.5, 0.6) is 0 Å². The molecule has 0 atom stereocenters. The minimum atomic E-state index is 0.827. The van der Waals surface area contributed by atoms with Gasteiger partial charge in [-0.15, -0.1) is 0 Å². The minimum absolute atomic E-state index is 0.827. The number of piperazine rings is 1. The zero-order chi connectivity index (χ0) is 16.5. The lowest BCUT2D eigenvalue weighted by Crippen LogP contribution is -2.47. The van der Waals surface area contributed by atoms with E-state index in [4.69, 9.17) is 4.98 Å². The molecule has 1 aromatic carbocycles. The van der Waals surface area contributed by atoms with Gasteiger partial charge in [-0.25, -0.2) is 15.0 Å². The molecule has 1 aliphatic heterocycles. The second-order valence-corrected chi connectivity index (χ2v) is 6.11. The molecule has 0 aliphatic carbocycles. The molecule has 0 bridgehead atoms. The first-order valence-electron chi connectivity index (χ1n) is 8.23. The first kappa shape index (κ1) is 14.8. The largest absolute Gasteiger partial charge is 0.353 e. The molecule has 0 N–H and O–H groups in total. The van der Waals surface area contributed by atoms with E-state index in [1.54, 1.807) is 0 Å². The SMILES string of the molecule is Cc1cc(N2CCN(c3cnc4ccccc4n3)CC2)nc(C)n1. The molecule has 0 radical (unpaired) electrons. The van der Waals surface area contributed by atoms with Gasteiger partial charge in [0.05, 0.1) is 17.2 Å². The van der Waals surface area contributed by atoms with Gasteiger partial charge in [0, 0.05) is 37.9 Å². The molecule has 122 valence electrons. The highest BCUT2D eigenvalue weighted by Crippen LogP contribution is 2.19. The van der Waals surface area contributed by atoms with Gasteiger partial charge in [0.2, 0.25) is 0 Å². The van der Waals surface area contributed by atoms with Crippen LogP contribution in [0.15, 0.2) is 36.5 Å². The number of hydrogen-bond acceptors (Lipinski definition) is 6. The maximum absolute atomic E-state index is 4.74. The van der Waals surface area contributed by atoms with Crippen LogP contribution in [0, 0.1) is 13.8 Å². The first-order chi connectivity index (χ1) is 11.7. The van der Waals surface area contributed by atoms with Crippen molar-refractivity contribution in [3.05, 3.63) is 48.0 Å². The van der Waals surface area contributed by atoms with Gasteiger partial charge in [-0.2, -0.15) is 0 Å². The van der Waals surface area contributed by atoms with E-state index in [9.17, 15) is 0 Å². The van der Waals surface area contributed by atoms with Crippen LogP contribution in [0.4, 0.5) is 11.6 Å². The van der Waals surface area contributed by atoms with Gasteiger partial charge in [-0.05, 0) is 26.0 Å². The molecule has 1 saturated heterocycles. The number of hydrogen-bond donors (Lipinski definition) is 0. The maximum atomic E-state index is 4.74. The van der Waals surface area contributed by atoms with Crippen molar-refractivity contribution in [2.24, 2.45) is 0 Å². The summed E-state index contributed by atoms with van der Waals surface area (Å²) in [7, 11) is 0. The van der Waals surface area contributed by atoms with E-state index >= 15 is 0 Å². The molecule has 1 fully saturated rings. The average molecular weight is 320 g/mol. The lowest BCUT2D eigenvalue weighted by atomic mass is 10.2. The normalized spacial score (nSPS) is 15.1. The lowest BCUT2D eigenvalue weighted by molar-refractivity contribution is 0.639. The molecule has 0 unspecified atom stereocenters. The summed E-state index contributed by atoms with van der Waals surface area (Å²) < 4.78 is 0. The summed E-state index contributed by atoms with van der Waals surface area (Å²) in [4.78, 5) is 22.8. The monoisotopic (exact) mass is 320 g/mol. The first-order valence-corrected chi connectivity index (χ1v) is 8.23. The van der Waals surface area contributed by atoms with E-state index in [0.29, 0.717) is 0 Å². The Kier molecular flexibility index (Phi) is 3.72. The van der Waals surface area contributed by atoms with Crippen LogP contribution < -0.4 is 9.80 Å². The van der Waals surface area contributed by atoms with Crippen LogP contribution >= 0.6 is 0 Å². The van der Waals surface area contributed by atoms with Crippen molar-refractivity contribution in [2.75, 3.05) is 36.0 Å². The molecule has 4 rings (SSSR count). The third kappa shape index (κ3) is 2.87. The van der Waals surface area contributed by atoms with Crippen LogP contribution in [0.3, 0.4) is 0 Å². The smallest absolute Gasteiger partial charge is 0.147 e. The van der Waals surface area contributed by atoms with Gasteiger partial charge in [0.15, 0.2) is 0 Å². The van der Waals surface area contributed by atoms with Crippen molar-refractivity contribution in [2.45, 2.75) is 13.8 Å². The Hall–Kier alpha value is -2.76. The summed E-state index contributed by atoms with van der Waals surface area (Å²) in [6.45, 7) is 7.62. The second kappa shape index (κ2) is 6.03. The number of anilines is 2. The number of nitrogens with zero attached hydrogens (tertiary/aromatic N) is 6. The van der Waals surface area contributed by atoms with Crippen LogP contribution in [0.1, 0.15) is 11.5 Å². The van der Waals surface area contributed by atoms with Crippen molar-refractivity contribution in [3.63, 3.8) is 0 Å². The van der Waals surface area contributed by atoms with Crippen molar-refractivity contribution in [3.8, 4) is 0 Å². The van der Waals surface area contributed by atoms with Crippen molar-refractivity contribution >= 4 is 22.7 Å². The Morgan fingerprint density at radius 3 is 2.17 bits per heavy atom. The summed E-state index contributed by atoms with van der Waals surface area (Å²) in [5.41, 5.74) is 2.90. The second-order valence-electron chi connectivity index (χ2n) is 6.11. The molecule has 3 aromatic rings. The zero-order valence-electron chi connectivity index (χ0n) is 14.0. The molecule has 6 nitrogen and oxygen atoms in total. The number of fused-ring (bicyclic) bond motifs is 1. The maximum Gasteiger partial charge on any atom is 0.147 e. The third-order valence-electron chi connectivity index (χ3n) is 4.32. The Morgan fingerprint density at radius 2 is 1.46 bits per heavy atom. The fraction of sp³-hybridized carbons (Fsp3) is 0.333. The van der Waals surface area contributed by atoms with Crippen molar-refractivity contribution < 1.29 is 0 Å². The van der Waals surface area contributed by atoms with Crippen molar-refractivity contribution in [1.29, 1.82) is 0 Å². The third-order valence-corrected chi connectivity index (χ3v) is 4.32. The molecular formula is C18H20N6. The van der Waals surface area contributed by atoms with Gasteiger partial charge in [-0.1, -0.05) is 12.1 Å². The van der Waals surface area contributed by atoms with Crippen molar-refractivity contribution in [1.82, 2.24) is 19.9 Å². The van der Waals surface area contributed by atoms with E-state index < -0.39 is 0 Å². The Labute approximate surface area is 141 Å². The van der Waals surface area contributed by atoms with Crippen LogP contribution in [0.2, 0.25) is 0 Å². The summed E-state index contributed by atoms with van der Waals surface area (Å²) in [6, 6.07) is 10.0. The molecule has 6 heteroatoms. The molecule has 0 saturated carbocycles. The number of rotatable bonds is 2. The van der Waals surface area contributed by atoms with E-state index in [2.05, 4.69) is 30.8 Å². The number of para-hydroxylation sites is 2. The molecule has 2 aromatic heterocycles. The van der Waals surface area contributed by atoms with Crippen LogP contribution in [-0.4, -0.2) is 46.1 Å². The van der Waals surface area contributed by atoms with E-state index in [1.165, 1.54) is 0 Å². The van der Waals surface area contributed by atoms with Crippen LogP contribution in [0.25, 0.3) is 11.0 Å². The topological polar surface area (TPSA) is 58.0 Å². The standard InChI is InChI=1S/C18H20N6/c1-13-11-17(21-14(2)20-13)23-7-9-24(10-8-23)18-12-19-15-5-3-4-6-16(15)22-18/h3-6,11-12H,7-10H2,1-2H3. The van der Waals surface area contributed by atoms with E-state index in [0.717, 1.165) is 60.4 Å². The molecule has 0 amide bonds. The van der Waals surface area contributed by atoms with Gasteiger partial charge >= 0.3 is 0 Å². The fourth-order valence-electron chi connectivity index (χ4n) is 3.12. The Bertz CT molecular complexity index is 850. The molecule has 0 spiro atoms. The van der Waals surface area contributed by atoms with E-state index in [-0.39, 0.29) is 0 Å². The fourth-order valence-corrected chi connectivity index (χ4v) is 3.12. The number of benzene rings is 1. The van der Waals surface area contributed by atoms with Gasteiger partial charge in [-0.3, -0.25) is 4.98 Å². The molecule has 3 heterocycles. The predicted octanol–water partition coefficient (Wildman–Crippen LogP) is 2.36. The molecule has 1 aliphatic rings. The summed E-state index contributed by atoms with van der Waals surface area (Å²) in [5, 5.41) is 0. The zero-order valence-corrected chi connectivity index (χ0v) is 14.0. The highest BCUT2D eigenvalue weighted by molar-refractivity contribution is 5.75. The summed E-state index contributed by atoms with van der Waals surface area (Å²) in [5.74, 6) is 2.79. The minimum Gasteiger partial charge on any atom is -0.353 e. The highest BCUT2D eigenvalue weighted by atomic mass is 15.3. The lowest BCUT2D eigenvalue weighted by Gasteiger charge is -2.36.